The molecule has 0 saturated carbocycles. The molecule has 0 aromatic carbocycles. The zero-order chi connectivity index (χ0) is 15.3. The fourth-order valence-corrected chi connectivity index (χ4v) is 3.53. The van der Waals surface area contributed by atoms with E-state index in [1.165, 1.54) is 12.8 Å². The molecular formula is C14H24ClN5S. The third kappa shape index (κ3) is 4.13. The highest BCUT2D eigenvalue weighted by Crippen LogP contribution is 2.30. The molecule has 0 radical (unpaired) electrons. The average Bonchev–Trinajstić information content (AvgIpc) is 3.03. The van der Waals surface area contributed by atoms with Gasteiger partial charge in [0, 0.05) is 24.4 Å². The number of halogens is 1. The molecule has 0 bridgehead atoms. The number of hydrogen-bond acceptors (Lipinski definition) is 6. The topological polar surface area (TPSA) is 53.9 Å². The van der Waals surface area contributed by atoms with E-state index in [0.717, 1.165) is 32.5 Å². The van der Waals surface area contributed by atoms with Gasteiger partial charge in [0.15, 0.2) is 0 Å². The van der Waals surface area contributed by atoms with Crippen molar-refractivity contribution >= 4 is 35.3 Å². The Labute approximate surface area is 136 Å². The lowest BCUT2D eigenvalue weighted by Gasteiger charge is -2.29. The minimum absolute atomic E-state index is 0.215. The molecule has 1 saturated heterocycles. The maximum Gasteiger partial charge on any atom is 0.231 e. The number of nitrogens with one attached hydrogen (secondary N) is 1. The molecule has 1 aliphatic rings. The zero-order valence-corrected chi connectivity index (χ0v) is 14.6. The van der Waals surface area contributed by atoms with Gasteiger partial charge in [0.05, 0.1) is 0 Å². The summed E-state index contributed by atoms with van der Waals surface area (Å²) in [7, 11) is 0. The lowest BCUT2D eigenvalue weighted by molar-refractivity contribution is 0.572. The van der Waals surface area contributed by atoms with Crippen molar-refractivity contribution in [1.82, 2.24) is 15.0 Å². The predicted molar refractivity (Wildman–Crippen MR) is 91.6 cm³/mol. The third-order valence-electron chi connectivity index (χ3n) is 4.28. The lowest BCUT2D eigenvalue weighted by atomic mass is 10.0. The Morgan fingerprint density at radius 1 is 1.19 bits per heavy atom. The van der Waals surface area contributed by atoms with Crippen LogP contribution in [0.1, 0.15) is 39.5 Å². The predicted octanol–water partition coefficient (Wildman–Crippen LogP) is 3.46. The van der Waals surface area contributed by atoms with E-state index < -0.39 is 0 Å². The Bertz CT molecular complexity index is 452. The van der Waals surface area contributed by atoms with Crippen LogP contribution in [0.15, 0.2) is 0 Å². The SMILES string of the molecule is CCC(CC)(CNc1nc(Cl)nc(N2CCCC2)n1)SC. The molecule has 118 valence electrons. The Morgan fingerprint density at radius 2 is 1.86 bits per heavy atom. The van der Waals surface area contributed by atoms with Crippen LogP contribution < -0.4 is 10.2 Å². The summed E-state index contributed by atoms with van der Waals surface area (Å²) >= 11 is 7.94. The second-order valence-electron chi connectivity index (χ2n) is 5.37. The van der Waals surface area contributed by atoms with E-state index in [1.807, 2.05) is 11.8 Å². The molecule has 0 atom stereocenters. The number of nitrogens with zero attached hydrogens (tertiary/aromatic N) is 4. The van der Waals surface area contributed by atoms with Crippen LogP contribution in [0.2, 0.25) is 5.28 Å². The second kappa shape index (κ2) is 7.49. The molecule has 1 N–H and O–H groups in total. The van der Waals surface area contributed by atoms with Gasteiger partial charge in [-0.15, -0.1) is 0 Å². The molecule has 0 amide bonds. The first-order valence-corrected chi connectivity index (χ1v) is 9.18. The summed E-state index contributed by atoms with van der Waals surface area (Å²) in [6.45, 7) is 7.27. The first kappa shape index (κ1) is 16.6. The van der Waals surface area contributed by atoms with E-state index in [-0.39, 0.29) is 10.0 Å². The zero-order valence-electron chi connectivity index (χ0n) is 13.0. The van der Waals surface area contributed by atoms with E-state index >= 15 is 0 Å². The maximum atomic E-state index is 6.05. The highest BCUT2D eigenvalue weighted by molar-refractivity contribution is 8.00. The van der Waals surface area contributed by atoms with E-state index in [2.05, 4.69) is 45.3 Å². The second-order valence-corrected chi connectivity index (χ2v) is 6.98. The van der Waals surface area contributed by atoms with Crippen LogP contribution in [-0.2, 0) is 0 Å². The molecule has 0 aliphatic carbocycles. The largest absolute Gasteiger partial charge is 0.353 e. The smallest absolute Gasteiger partial charge is 0.231 e. The van der Waals surface area contributed by atoms with Gasteiger partial charge < -0.3 is 10.2 Å². The van der Waals surface area contributed by atoms with Crippen LogP contribution in [0.4, 0.5) is 11.9 Å². The molecule has 1 aliphatic heterocycles. The van der Waals surface area contributed by atoms with Gasteiger partial charge in [0.25, 0.3) is 0 Å². The first-order valence-electron chi connectivity index (χ1n) is 7.58. The molecule has 0 spiro atoms. The third-order valence-corrected chi connectivity index (χ3v) is 6.03. The first-order chi connectivity index (χ1) is 10.1. The van der Waals surface area contributed by atoms with Crippen LogP contribution in [0.25, 0.3) is 0 Å². The van der Waals surface area contributed by atoms with Gasteiger partial charge >= 0.3 is 0 Å². The molecule has 0 unspecified atom stereocenters. The standard InChI is InChI=1S/C14H24ClN5S/c1-4-14(5-2,21-3)10-16-12-17-11(15)18-13(19-12)20-8-6-7-9-20/h4-10H2,1-3H3,(H,16,17,18,19). The average molecular weight is 330 g/mol. The molecule has 2 rings (SSSR count). The van der Waals surface area contributed by atoms with Gasteiger partial charge in [0.2, 0.25) is 17.2 Å². The Kier molecular flexibility index (Phi) is 5.93. The van der Waals surface area contributed by atoms with Gasteiger partial charge in [-0.3, -0.25) is 0 Å². The summed E-state index contributed by atoms with van der Waals surface area (Å²) in [5, 5.41) is 3.61. The fraction of sp³-hybridized carbons (Fsp3) is 0.786. The molecule has 2 heterocycles. The molecule has 1 aromatic heterocycles. The van der Waals surface area contributed by atoms with Crippen LogP contribution in [0, 0.1) is 0 Å². The molecule has 7 heteroatoms. The summed E-state index contributed by atoms with van der Waals surface area (Å²) in [5.74, 6) is 1.27. The van der Waals surface area contributed by atoms with E-state index in [9.17, 15) is 0 Å². The highest BCUT2D eigenvalue weighted by atomic mass is 35.5. The van der Waals surface area contributed by atoms with Gasteiger partial charge in [-0.2, -0.15) is 26.7 Å². The van der Waals surface area contributed by atoms with Crippen LogP contribution in [0.3, 0.4) is 0 Å². The summed E-state index contributed by atoms with van der Waals surface area (Å²) in [6, 6.07) is 0. The van der Waals surface area contributed by atoms with Gasteiger partial charge in [-0.25, -0.2) is 0 Å². The number of thioether (sulfide) groups is 1. The maximum absolute atomic E-state index is 6.05. The monoisotopic (exact) mass is 329 g/mol. The Morgan fingerprint density at radius 3 is 2.43 bits per heavy atom. The molecular weight excluding hydrogens is 306 g/mol. The van der Waals surface area contributed by atoms with Gasteiger partial charge in [-0.1, -0.05) is 13.8 Å². The molecule has 1 fully saturated rings. The fourth-order valence-electron chi connectivity index (χ4n) is 2.58. The van der Waals surface area contributed by atoms with Gasteiger partial charge in [0.1, 0.15) is 0 Å². The minimum Gasteiger partial charge on any atom is -0.353 e. The van der Waals surface area contributed by atoms with Crippen molar-refractivity contribution in [2.75, 3.05) is 36.1 Å². The van der Waals surface area contributed by atoms with Crippen LogP contribution >= 0.6 is 23.4 Å². The molecule has 5 nitrogen and oxygen atoms in total. The van der Waals surface area contributed by atoms with Crippen molar-refractivity contribution < 1.29 is 0 Å². The minimum atomic E-state index is 0.215. The number of anilines is 2. The number of hydrogen-bond donors (Lipinski definition) is 1. The highest BCUT2D eigenvalue weighted by Gasteiger charge is 2.25. The van der Waals surface area contributed by atoms with Crippen molar-refractivity contribution in [3.8, 4) is 0 Å². The quantitative estimate of drug-likeness (QED) is 0.826. The Balaban J connectivity index is 2.09. The van der Waals surface area contributed by atoms with Crippen molar-refractivity contribution in [2.24, 2.45) is 0 Å². The number of rotatable bonds is 7. The Hall–Kier alpha value is -0.750. The van der Waals surface area contributed by atoms with Crippen molar-refractivity contribution in [2.45, 2.75) is 44.3 Å². The van der Waals surface area contributed by atoms with E-state index in [1.54, 1.807) is 0 Å². The van der Waals surface area contributed by atoms with Crippen LogP contribution in [-0.4, -0.2) is 45.6 Å². The van der Waals surface area contributed by atoms with Crippen molar-refractivity contribution in [3.63, 3.8) is 0 Å². The van der Waals surface area contributed by atoms with E-state index in [0.29, 0.717) is 11.9 Å². The summed E-state index contributed by atoms with van der Waals surface area (Å²) in [5.41, 5.74) is 0. The van der Waals surface area contributed by atoms with Gasteiger partial charge in [-0.05, 0) is 43.5 Å². The van der Waals surface area contributed by atoms with Crippen molar-refractivity contribution in [1.29, 1.82) is 0 Å². The summed E-state index contributed by atoms with van der Waals surface area (Å²) in [6.07, 6.45) is 6.75. The molecule has 21 heavy (non-hydrogen) atoms. The van der Waals surface area contributed by atoms with Crippen LogP contribution in [0.5, 0.6) is 0 Å². The lowest BCUT2D eigenvalue weighted by Crippen LogP contribution is -2.32. The van der Waals surface area contributed by atoms with E-state index in [4.69, 9.17) is 11.6 Å². The normalized spacial score (nSPS) is 15.5. The number of aromatic nitrogens is 3. The summed E-state index contributed by atoms with van der Waals surface area (Å²) in [4.78, 5) is 15.1. The summed E-state index contributed by atoms with van der Waals surface area (Å²) < 4.78 is 0.215. The molecule has 1 aromatic rings. The van der Waals surface area contributed by atoms with Crippen molar-refractivity contribution in [3.05, 3.63) is 5.28 Å².